The van der Waals surface area contributed by atoms with Crippen molar-refractivity contribution in [1.82, 2.24) is 9.97 Å². The average molecular weight is 211 g/mol. The Bertz CT molecular complexity index is 470. The molecule has 0 saturated heterocycles. The number of benzene rings is 1. The molecule has 0 fully saturated rings. The molecule has 0 spiro atoms. The van der Waals surface area contributed by atoms with Crippen molar-refractivity contribution in [2.24, 2.45) is 0 Å². The summed E-state index contributed by atoms with van der Waals surface area (Å²) < 4.78 is 0. The number of hydrogen-bond acceptors (Lipinski definition) is 2. The number of imidazole rings is 1. The zero-order valence-electron chi connectivity index (χ0n) is 8.00. The Morgan fingerprint density at radius 3 is 2.79 bits per heavy atom. The van der Waals surface area contributed by atoms with E-state index in [4.69, 9.17) is 11.6 Å². The van der Waals surface area contributed by atoms with Crippen LogP contribution in [0.1, 0.15) is 19.7 Å². The Morgan fingerprint density at radius 2 is 2.14 bits per heavy atom. The van der Waals surface area contributed by atoms with E-state index in [1.165, 1.54) is 0 Å². The zero-order valence-corrected chi connectivity index (χ0v) is 8.76. The molecule has 0 amide bonds. The van der Waals surface area contributed by atoms with Gasteiger partial charge in [0.25, 0.3) is 0 Å². The molecule has 0 unspecified atom stereocenters. The van der Waals surface area contributed by atoms with Gasteiger partial charge >= 0.3 is 0 Å². The maximum Gasteiger partial charge on any atom is 0.138 e. The molecule has 4 heteroatoms. The summed E-state index contributed by atoms with van der Waals surface area (Å²) in [5, 5.41) is 10.4. The summed E-state index contributed by atoms with van der Waals surface area (Å²) in [5.41, 5.74) is 0.701. The Kier molecular flexibility index (Phi) is 2.01. The molecule has 0 aliphatic heterocycles. The molecule has 1 heterocycles. The highest BCUT2D eigenvalue weighted by Gasteiger charge is 2.20. The molecule has 0 radical (unpaired) electrons. The summed E-state index contributed by atoms with van der Waals surface area (Å²) in [6.45, 7) is 3.37. The molecule has 2 aromatic rings. The lowest BCUT2D eigenvalue weighted by Gasteiger charge is -2.12. The Balaban J connectivity index is 2.63. The van der Waals surface area contributed by atoms with Gasteiger partial charge in [-0.3, -0.25) is 0 Å². The summed E-state index contributed by atoms with van der Waals surface area (Å²) in [6, 6.07) is 5.39. The molecular formula is C10H11ClN2O. The van der Waals surface area contributed by atoms with Gasteiger partial charge in [-0.25, -0.2) is 4.98 Å². The van der Waals surface area contributed by atoms with Crippen LogP contribution in [0.3, 0.4) is 0 Å². The minimum atomic E-state index is -0.953. The number of rotatable bonds is 1. The van der Waals surface area contributed by atoms with Crippen LogP contribution in [0.25, 0.3) is 11.0 Å². The van der Waals surface area contributed by atoms with Gasteiger partial charge in [0, 0.05) is 5.02 Å². The second-order valence-corrected chi connectivity index (χ2v) is 4.24. The van der Waals surface area contributed by atoms with Crippen molar-refractivity contribution >= 4 is 22.6 Å². The molecule has 1 aromatic carbocycles. The SMILES string of the molecule is CC(C)(O)c1nc2ccc(Cl)cc2[nH]1. The second-order valence-electron chi connectivity index (χ2n) is 3.81. The van der Waals surface area contributed by atoms with E-state index in [1.807, 2.05) is 6.07 Å². The number of halogens is 1. The number of H-pyrrole nitrogens is 1. The highest BCUT2D eigenvalue weighted by atomic mass is 35.5. The first-order chi connectivity index (χ1) is 6.47. The third-order valence-electron chi connectivity index (χ3n) is 2.02. The van der Waals surface area contributed by atoms with Gasteiger partial charge in [-0.05, 0) is 32.0 Å². The predicted octanol–water partition coefficient (Wildman–Crippen LogP) is 2.44. The van der Waals surface area contributed by atoms with Crippen LogP contribution in [0, 0.1) is 0 Å². The first-order valence-corrected chi connectivity index (χ1v) is 4.73. The van der Waals surface area contributed by atoms with E-state index in [2.05, 4.69) is 9.97 Å². The molecule has 3 nitrogen and oxygen atoms in total. The molecule has 1 aromatic heterocycles. The van der Waals surface area contributed by atoms with E-state index in [-0.39, 0.29) is 0 Å². The molecule has 14 heavy (non-hydrogen) atoms. The number of nitrogens with zero attached hydrogens (tertiary/aromatic N) is 1. The number of nitrogens with one attached hydrogen (secondary N) is 1. The number of aliphatic hydroxyl groups is 1. The lowest BCUT2D eigenvalue weighted by atomic mass is 10.1. The van der Waals surface area contributed by atoms with Crippen molar-refractivity contribution in [3.63, 3.8) is 0 Å². The molecule has 0 bridgehead atoms. The van der Waals surface area contributed by atoms with Gasteiger partial charge in [0.05, 0.1) is 11.0 Å². The molecule has 0 aliphatic carbocycles. The highest BCUT2D eigenvalue weighted by molar-refractivity contribution is 6.31. The van der Waals surface area contributed by atoms with Gasteiger partial charge in [-0.1, -0.05) is 11.6 Å². The third-order valence-corrected chi connectivity index (χ3v) is 2.26. The van der Waals surface area contributed by atoms with Gasteiger partial charge in [-0.2, -0.15) is 0 Å². The van der Waals surface area contributed by atoms with Gasteiger partial charge in [0.2, 0.25) is 0 Å². The molecule has 74 valence electrons. The standard InChI is InChI=1S/C10H11ClN2O/c1-10(2,14)9-12-7-4-3-6(11)5-8(7)13-9/h3-5,14H,1-2H3,(H,12,13). The van der Waals surface area contributed by atoms with Crippen LogP contribution in [-0.2, 0) is 5.60 Å². The lowest BCUT2D eigenvalue weighted by Crippen LogP contribution is -2.17. The monoisotopic (exact) mass is 210 g/mol. The van der Waals surface area contributed by atoms with Gasteiger partial charge in [-0.15, -0.1) is 0 Å². The van der Waals surface area contributed by atoms with Crippen molar-refractivity contribution in [1.29, 1.82) is 0 Å². The Morgan fingerprint density at radius 1 is 1.43 bits per heavy atom. The lowest BCUT2D eigenvalue weighted by molar-refractivity contribution is 0.0700. The summed E-state index contributed by atoms with van der Waals surface area (Å²) in [4.78, 5) is 7.29. The maximum absolute atomic E-state index is 9.73. The van der Waals surface area contributed by atoms with Crippen molar-refractivity contribution in [2.45, 2.75) is 19.4 Å². The number of fused-ring (bicyclic) bond motifs is 1. The van der Waals surface area contributed by atoms with Crippen molar-refractivity contribution in [2.75, 3.05) is 0 Å². The summed E-state index contributed by atoms with van der Waals surface area (Å²) in [6.07, 6.45) is 0. The molecule has 0 saturated carbocycles. The van der Waals surface area contributed by atoms with Crippen molar-refractivity contribution in [3.05, 3.63) is 29.0 Å². The summed E-state index contributed by atoms with van der Waals surface area (Å²) in [5.74, 6) is 0.551. The van der Waals surface area contributed by atoms with E-state index in [0.717, 1.165) is 11.0 Å². The molecule has 0 atom stereocenters. The zero-order chi connectivity index (χ0) is 10.3. The van der Waals surface area contributed by atoms with Crippen molar-refractivity contribution < 1.29 is 5.11 Å². The number of aromatic amines is 1. The van der Waals surface area contributed by atoms with E-state index in [0.29, 0.717) is 10.8 Å². The first kappa shape index (κ1) is 9.49. The van der Waals surface area contributed by atoms with E-state index >= 15 is 0 Å². The van der Waals surface area contributed by atoms with Crippen molar-refractivity contribution in [3.8, 4) is 0 Å². The minimum absolute atomic E-state index is 0.551. The maximum atomic E-state index is 9.73. The van der Waals surface area contributed by atoms with Gasteiger partial charge < -0.3 is 10.1 Å². The largest absolute Gasteiger partial charge is 0.383 e. The Hall–Kier alpha value is -1.06. The fourth-order valence-electron chi connectivity index (χ4n) is 1.27. The normalized spacial score (nSPS) is 12.3. The average Bonchev–Trinajstić information content (AvgIpc) is 2.45. The first-order valence-electron chi connectivity index (χ1n) is 4.35. The quantitative estimate of drug-likeness (QED) is 0.760. The van der Waals surface area contributed by atoms with Crippen LogP contribution in [-0.4, -0.2) is 15.1 Å². The molecular weight excluding hydrogens is 200 g/mol. The summed E-state index contributed by atoms with van der Waals surface area (Å²) in [7, 11) is 0. The molecule has 2 rings (SSSR count). The predicted molar refractivity (Wildman–Crippen MR) is 56.3 cm³/mol. The van der Waals surface area contributed by atoms with E-state index < -0.39 is 5.60 Å². The minimum Gasteiger partial charge on any atom is -0.383 e. The van der Waals surface area contributed by atoms with Crippen LogP contribution >= 0.6 is 11.6 Å². The molecule has 2 N–H and O–H groups in total. The summed E-state index contributed by atoms with van der Waals surface area (Å²) >= 11 is 5.83. The van der Waals surface area contributed by atoms with Crippen LogP contribution < -0.4 is 0 Å². The number of aromatic nitrogens is 2. The van der Waals surface area contributed by atoms with Gasteiger partial charge in [0.1, 0.15) is 11.4 Å². The van der Waals surface area contributed by atoms with E-state index in [1.54, 1.807) is 26.0 Å². The third kappa shape index (κ3) is 1.61. The van der Waals surface area contributed by atoms with E-state index in [9.17, 15) is 5.11 Å². The van der Waals surface area contributed by atoms with Crippen LogP contribution in [0.4, 0.5) is 0 Å². The fraction of sp³-hybridized carbons (Fsp3) is 0.300. The van der Waals surface area contributed by atoms with Crippen LogP contribution in [0.5, 0.6) is 0 Å². The molecule has 0 aliphatic rings. The second kappa shape index (κ2) is 2.97. The fourth-order valence-corrected chi connectivity index (χ4v) is 1.44. The number of hydrogen-bond donors (Lipinski definition) is 2. The van der Waals surface area contributed by atoms with Gasteiger partial charge in [0.15, 0.2) is 0 Å². The van der Waals surface area contributed by atoms with Crippen LogP contribution in [0.2, 0.25) is 5.02 Å². The highest BCUT2D eigenvalue weighted by Crippen LogP contribution is 2.22. The van der Waals surface area contributed by atoms with Crippen LogP contribution in [0.15, 0.2) is 18.2 Å². The smallest absolute Gasteiger partial charge is 0.138 e. The Labute approximate surface area is 86.7 Å². The topological polar surface area (TPSA) is 48.9 Å².